The molecular weight excluding hydrogens is 516 g/mol. The molecule has 38 heavy (non-hydrogen) atoms. The van der Waals surface area contributed by atoms with Gasteiger partial charge in [-0.1, -0.05) is 30.3 Å². The zero-order valence-corrected chi connectivity index (χ0v) is 21.7. The van der Waals surface area contributed by atoms with Crippen molar-refractivity contribution >= 4 is 48.2 Å². The number of aliphatic carboxylic acids is 1. The molecule has 1 aromatic rings. The molecular formula is C23H36N8O6S. The number of benzene rings is 1. The Hall–Kier alpha value is -3.85. The van der Waals surface area contributed by atoms with Gasteiger partial charge in [0.1, 0.15) is 18.1 Å². The number of nitrogens with zero attached hydrogens (tertiary/aromatic N) is 1. The molecule has 14 nitrogen and oxygen atoms in total. The molecule has 0 aliphatic rings. The van der Waals surface area contributed by atoms with E-state index in [0.29, 0.717) is 5.56 Å². The van der Waals surface area contributed by atoms with Crippen LogP contribution in [0.4, 0.5) is 0 Å². The summed E-state index contributed by atoms with van der Waals surface area (Å²) in [6.45, 7) is 0.163. The Labute approximate surface area is 225 Å². The molecule has 0 aliphatic carbocycles. The second kappa shape index (κ2) is 16.8. The molecule has 0 aromatic heterocycles. The fourth-order valence-electron chi connectivity index (χ4n) is 3.27. The van der Waals surface area contributed by atoms with Crippen LogP contribution in [-0.2, 0) is 30.4 Å². The van der Waals surface area contributed by atoms with Crippen molar-refractivity contribution in [2.24, 2.45) is 27.9 Å². The van der Waals surface area contributed by atoms with Gasteiger partial charge >= 0.3 is 5.97 Å². The summed E-state index contributed by atoms with van der Waals surface area (Å²) in [4.78, 5) is 64.9. The fraction of sp³-hybridized carbons (Fsp3) is 0.478. The van der Waals surface area contributed by atoms with E-state index in [4.69, 9.17) is 22.9 Å². The maximum atomic E-state index is 13.1. The summed E-state index contributed by atoms with van der Waals surface area (Å²) < 4.78 is 0. The Kier molecular flexibility index (Phi) is 14.2. The minimum Gasteiger partial charge on any atom is -0.480 e. The van der Waals surface area contributed by atoms with Gasteiger partial charge in [0.15, 0.2) is 5.96 Å². The predicted molar refractivity (Wildman–Crippen MR) is 144 cm³/mol. The molecule has 15 heteroatoms. The highest BCUT2D eigenvalue weighted by atomic mass is 32.1. The minimum atomic E-state index is -1.26. The van der Waals surface area contributed by atoms with Crippen LogP contribution < -0.4 is 38.9 Å². The monoisotopic (exact) mass is 552 g/mol. The van der Waals surface area contributed by atoms with Gasteiger partial charge in [-0.05, 0) is 24.8 Å². The number of thiol groups is 1. The number of guanidine groups is 1. The molecule has 0 heterocycles. The van der Waals surface area contributed by atoms with Gasteiger partial charge in [0.2, 0.25) is 23.6 Å². The first-order chi connectivity index (χ1) is 17.9. The molecule has 0 spiro atoms. The molecule has 4 atom stereocenters. The maximum Gasteiger partial charge on any atom is 0.326 e. The van der Waals surface area contributed by atoms with Crippen LogP contribution in [0.2, 0.25) is 0 Å². The quantitative estimate of drug-likeness (QED) is 0.0422. The van der Waals surface area contributed by atoms with Crippen LogP contribution in [0.1, 0.15) is 31.2 Å². The molecule has 4 unspecified atom stereocenters. The van der Waals surface area contributed by atoms with Crippen LogP contribution >= 0.6 is 12.6 Å². The van der Waals surface area contributed by atoms with Crippen molar-refractivity contribution in [3.05, 3.63) is 35.9 Å². The average Bonchev–Trinajstić information content (AvgIpc) is 2.87. The lowest BCUT2D eigenvalue weighted by molar-refractivity contribution is -0.142. The summed E-state index contributed by atoms with van der Waals surface area (Å²) in [6, 6.07) is 4.03. The van der Waals surface area contributed by atoms with Gasteiger partial charge in [-0.15, -0.1) is 0 Å². The van der Waals surface area contributed by atoms with Gasteiger partial charge in [0.25, 0.3) is 0 Å². The Balaban J connectivity index is 2.95. The van der Waals surface area contributed by atoms with E-state index in [-0.39, 0.29) is 50.4 Å². The van der Waals surface area contributed by atoms with E-state index in [9.17, 15) is 29.1 Å². The Morgan fingerprint density at radius 2 is 1.45 bits per heavy atom. The average molecular weight is 553 g/mol. The van der Waals surface area contributed by atoms with Gasteiger partial charge in [-0.3, -0.25) is 24.2 Å². The van der Waals surface area contributed by atoms with Crippen molar-refractivity contribution in [2.75, 3.05) is 12.3 Å². The number of carbonyl (C=O) groups excluding carboxylic acids is 4. The third kappa shape index (κ3) is 12.4. The van der Waals surface area contributed by atoms with Crippen molar-refractivity contribution < 1.29 is 29.1 Å². The van der Waals surface area contributed by atoms with Crippen LogP contribution in [-0.4, -0.2) is 77.1 Å². The van der Waals surface area contributed by atoms with Crippen LogP contribution in [0.5, 0.6) is 0 Å². The lowest BCUT2D eigenvalue weighted by Crippen LogP contribution is -2.57. The highest BCUT2D eigenvalue weighted by molar-refractivity contribution is 7.80. The normalized spacial score (nSPS) is 13.7. The topological polar surface area (TPSA) is 258 Å². The second-order valence-corrected chi connectivity index (χ2v) is 8.82. The number of carboxylic acid groups (broad SMARTS) is 1. The van der Waals surface area contributed by atoms with Crippen molar-refractivity contribution in [1.29, 1.82) is 0 Å². The van der Waals surface area contributed by atoms with E-state index in [1.807, 2.05) is 0 Å². The Morgan fingerprint density at radius 3 is 2.00 bits per heavy atom. The summed E-state index contributed by atoms with van der Waals surface area (Å²) in [5.41, 5.74) is 22.1. The highest BCUT2D eigenvalue weighted by Crippen LogP contribution is 2.06. The Morgan fingerprint density at radius 1 is 0.868 bits per heavy atom. The molecule has 4 amide bonds. The molecule has 0 fully saturated rings. The number of nitrogens with one attached hydrogen (secondary N) is 3. The first-order valence-corrected chi connectivity index (χ1v) is 12.5. The van der Waals surface area contributed by atoms with Gasteiger partial charge in [0.05, 0.1) is 6.04 Å². The zero-order chi connectivity index (χ0) is 28.7. The molecule has 0 radical (unpaired) electrons. The molecule has 12 N–H and O–H groups in total. The van der Waals surface area contributed by atoms with Gasteiger partial charge < -0.3 is 44.0 Å². The van der Waals surface area contributed by atoms with Crippen molar-refractivity contribution in [2.45, 2.75) is 56.3 Å². The largest absolute Gasteiger partial charge is 0.480 e. The van der Waals surface area contributed by atoms with Crippen LogP contribution in [0.25, 0.3) is 0 Å². The number of primary amides is 1. The molecule has 0 saturated heterocycles. The number of nitrogens with two attached hydrogens (primary N) is 4. The third-order valence-electron chi connectivity index (χ3n) is 5.33. The van der Waals surface area contributed by atoms with Crippen LogP contribution in [0.3, 0.4) is 0 Å². The summed E-state index contributed by atoms with van der Waals surface area (Å²) in [6.07, 6.45) is 0.239. The minimum absolute atomic E-state index is 0.0180. The lowest BCUT2D eigenvalue weighted by atomic mass is 10.0. The fourth-order valence-corrected chi connectivity index (χ4v) is 3.53. The number of carboxylic acids is 1. The molecule has 0 saturated carbocycles. The van der Waals surface area contributed by atoms with E-state index >= 15 is 0 Å². The van der Waals surface area contributed by atoms with Gasteiger partial charge in [-0.2, -0.15) is 12.6 Å². The first-order valence-electron chi connectivity index (χ1n) is 11.8. The van der Waals surface area contributed by atoms with Crippen molar-refractivity contribution in [3.63, 3.8) is 0 Å². The van der Waals surface area contributed by atoms with Crippen molar-refractivity contribution in [1.82, 2.24) is 16.0 Å². The first kappa shape index (κ1) is 32.2. The molecule has 1 rings (SSSR count). The van der Waals surface area contributed by atoms with E-state index in [2.05, 4.69) is 33.6 Å². The third-order valence-corrected chi connectivity index (χ3v) is 5.69. The van der Waals surface area contributed by atoms with Crippen LogP contribution in [0, 0.1) is 0 Å². The number of hydrogen-bond donors (Lipinski definition) is 9. The van der Waals surface area contributed by atoms with E-state index in [0.717, 1.165) is 0 Å². The number of hydrogen-bond acceptors (Lipinski definition) is 8. The van der Waals surface area contributed by atoms with Gasteiger partial charge in [0, 0.05) is 25.1 Å². The maximum absolute atomic E-state index is 13.1. The number of aliphatic imine (C=N–C) groups is 1. The van der Waals surface area contributed by atoms with Crippen molar-refractivity contribution in [3.8, 4) is 0 Å². The predicted octanol–water partition coefficient (Wildman–Crippen LogP) is -2.66. The molecule has 210 valence electrons. The number of amides is 4. The SMILES string of the molecule is NC(=O)CCC(N)C(=O)NC(CS)C(=O)NC(CCCN=C(N)N)C(=O)NC(Cc1ccccc1)C(=O)O. The zero-order valence-electron chi connectivity index (χ0n) is 20.8. The molecule has 1 aromatic carbocycles. The van der Waals surface area contributed by atoms with Crippen LogP contribution in [0.15, 0.2) is 35.3 Å². The molecule has 0 aliphatic heterocycles. The lowest BCUT2D eigenvalue weighted by Gasteiger charge is -2.24. The number of rotatable bonds is 17. The van der Waals surface area contributed by atoms with E-state index in [1.165, 1.54) is 0 Å². The number of carbonyl (C=O) groups is 5. The Bertz CT molecular complexity index is 989. The summed E-state index contributed by atoms with van der Waals surface area (Å²) in [7, 11) is 0. The summed E-state index contributed by atoms with van der Waals surface area (Å²) in [5.74, 6) is -4.34. The summed E-state index contributed by atoms with van der Waals surface area (Å²) >= 11 is 4.09. The van der Waals surface area contributed by atoms with Gasteiger partial charge in [-0.25, -0.2) is 4.79 Å². The second-order valence-electron chi connectivity index (χ2n) is 8.45. The highest BCUT2D eigenvalue weighted by Gasteiger charge is 2.30. The molecule has 0 bridgehead atoms. The van der Waals surface area contributed by atoms with E-state index in [1.54, 1.807) is 30.3 Å². The summed E-state index contributed by atoms with van der Waals surface area (Å²) in [5, 5.41) is 17.0. The standard InChI is InChI=1S/C23H36N8O6S/c24-14(8-9-18(25)32)19(33)31-17(12-38)21(35)29-15(7-4-10-28-23(26)27)20(34)30-16(22(36)37)11-13-5-2-1-3-6-13/h1-3,5-6,14-17,38H,4,7-12,24H2,(H2,25,32)(H,29,35)(H,30,34)(H,31,33)(H,36,37)(H4,26,27,28). The smallest absolute Gasteiger partial charge is 0.326 e. The van der Waals surface area contributed by atoms with E-state index < -0.39 is 53.8 Å².